The highest BCUT2D eigenvalue weighted by molar-refractivity contribution is 7.90. The predicted molar refractivity (Wildman–Crippen MR) is 63.0 cm³/mol. The predicted octanol–water partition coefficient (Wildman–Crippen LogP) is 1.42. The number of sulfonamides is 1. The van der Waals surface area contributed by atoms with Gasteiger partial charge < -0.3 is 0 Å². The van der Waals surface area contributed by atoms with Gasteiger partial charge in [-0.15, -0.1) is 0 Å². The summed E-state index contributed by atoms with van der Waals surface area (Å²) in [5.41, 5.74) is 0.820. The first-order valence-corrected chi connectivity index (χ1v) is 6.65. The van der Waals surface area contributed by atoms with Gasteiger partial charge in [-0.2, -0.15) is 0 Å². The summed E-state index contributed by atoms with van der Waals surface area (Å²) in [5.74, 6) is 2.83. The molecule has 2 rings (SSSR count). The summed E-state index contributed by atoms with van der Waals surface area (Å²) in [4.78, 5) is 0. The van der Waals surface area contributed by atoms with Gasteiger partial charge in [-0.05, 0) is 30.9 Å². The average molecular weight is 235 g/mol. The SMILES string of the molecule is CN(C#Cc1ccccc1)S(=O)(=O)C1CC1. The van der Waals surface area contributed by atoms with Crippen LogP contribution in [0.3, 0.4) is 0 Å². The van der Waals surface area contributed by atoms with Gasteiger partial charge in [0.2, 0.25) is 10.0 Å². The Morgan fingerprint density at radius 1 is 1.25 bits per heavy atom. The van der Waals surface area contributed by atoms with Crippen molar-refractivity contribution >= 4 is 10.0 Å². The third kappa shape index (κ3) is 2.37. The van der Waals surface area contributed by atoms with Crippen molar-refractivity contribution < 1.29 is 8.42 Å². The molecule has 1 fully saturated rings. The minimum atomic E-state index is -3.18. The lowest BCUT2D eigenvalue weighted by molar-refractivity contribution is 0.545. The Hall–Kier alpha value is -1.47. The smallest absolute Gasteiger partial charge is 0.231 e. The third-order valence-corrected chi connectivity index (χ3v) is 4.63. The molecule has 1 aliphatic carbocycles. The maximum atomic E-state index is 11.7. The highest BCUT2D eigenvalue weighted by Gasteiger charge is 2.38. The van der Waals surface area contributed by atoms with Gasteiger partial charge in [-0.1, -0.05) is 18.2 Å². The molecule has 16 heavy (non-hydrogen) atoms. The van der Waals surface area contributed by atoms with Crippen molar-refractivity contribution in [3.05, 3.63) is 35.9 Å². The number of rotatable bonds is 2. The summed E-state index contributed by atoms with van der Waals surface area (Å²) in [6, 6.07) is 12.0. The van der Waals surface area contributed by atoms with E-state index in [2.05, 4.69) is 12.0 Å². The Balaban J connectivity index is 2.14. The Labute approximate surface area is 96.1 Å². The van der Waals surface area contributed by atoms with Crippen molar-refractivity contribution in [1.29, 1.82) is 0 Å². The van der Waals surface area contributed by atoms with Crippen LogP contribution in [-0.2, 0) is 10.0 Å². The summed E-state index contributed by atoms with van der Waals surface area (Å²) < 4.78 is 24.6. The van der Waals surface area contributed by atoms with Gasteiger partial charge in [0.15, 0.2) is 0 Å². The Morgan fingerprint density at radius 2 is 1.88 bits per heavy atom. The van der Waals surface area contributed by atoms with Crippen molar-refractivity contribution in [1.82, 2.24) is 4.31 Å². The molecule has 0 N–H and O–H groups in total. The van der Waals surface area contributed by atoms with Gasteiger partial charge in [-0.3, -0.25) is 0 Å². The number of benzene rings is 1. The van der Waals surface area contributed by atoms with E-state index in [1.54, 1.807) is 0 Å². The average Bonchev–Trinajstić information content (AvgIpc) is 3.11. The van der Waals surface area contributed by atoms with E-state index in [4.69, 9.17) is 0 Å². The van der Waals surface area contributed by atoms with Crippen LogP contribution >= 0.6 is 0 Å². The van der Waals surface area contributed by atoms with E-state index in [0.717, 1.165) is 22.7 Å². The second-order valence-corrected chi connectivity index (χ2v) is 6.06. The maximum absolute atomic E-state index is 11.7. The van der Waals surface area contributed by atoms with Crippen LogP contribution in [0.15, 0.2) is 30.3 Å². The summed E-state index contributed by atoms with van der Waals surface area (Å²) in [6.07, 6.45) is 1.53. The van der Waals surface area contributed by atoms with E-state index in [-0.39, 0.29) is 5.25 Å². The quantitative estimate of drug-likeness (QED) is 0.574. The van der Waals surface area contributed by atoms with E-state index < -0.39 is 10.0 Å². The summed E-state index contributed by atoms with van der Waals surface area (Å²) in [6.45, 7) is 0. The van der Waals surface area contributed by atoms with Crippen molar-refractivity contribution in [3.8, 4) is 12.0 Å². The minimum Gasteiger partial charge on any atom is -0.231 e. The van der Waals surface area contributed by atoms with E-state index >= 15 is 0 Å². The van der Waals surface area contributed by atoms with Gasteiger partial charge in [0.05, 0.1) is 5.25 Å². The summed E-state index contributed by atoms with van der Waals surface area (Å²) in [5, 5.41) is -0.206. The fourth-order valence-corrected chi connectivity index (χ4v) is 2.67. The second kappa shape index (κ2) is 4.18. The molecule has 4 heteroatoms. The first kappa shape index (κ1) is 11.0. The van der Waals surface area contributed by atoms with E-state index in [0.29, 0.717) is 0 Å². The van der Waals surface area contributed by atoms with Crippen molar-refractivity contribution in [2.75, 3.05) is 7.05 Å². The molecule has 0 saturated heterocycles. The molecule has 0 aliphatic heterocycles. The van der Waals surface area contributed by atoms with E-state index in [9.17, 15) is 8.42 Å². The topological polar surface area (TPSA) is 37.4 Å². The monoisotopic (exact) mass is 235 g/mol. The standard InChI is InChI=1S/C12H13NO2S/c1-13(16(14,15)12-7-8-12)10-9-11-5-3-2-4-6-11/h2-6,12H,7-8H2,1H3. The molecule has 1 aromatic rings. The van der Waals surface area contributed by atoms with Crippen LogP contribution in [0.1, 0.15) is 18.4 Å². The number of hydrogen-bond acceptors (Lipinski definition) is 2. The number of hydrogen-bond donors (Lipinski definition) is 0. The van der Waals surface area contributed by atoms with Gasteiger partial charge in [0, 0.05) is 18.7 Å². The van der Waals surface area contributed by atoms with Gasteiger partial charge >= 0.3 is 0 Å². The molecule has 0 spiro atoms. The molecular weight excluding hydrogens is 222 g/mol. The zero-order chi connectivity index (χ0) is 11.6. The molecule has 3 nitrogen and oxygen atoms in total. The summed E-state index contributed by atoms with van der Waals surface area (Å²) in [7, 11) is -1.67. The Kier molecular flexibility index (Phi) is 2.88. The van der Waals surface area contributed by atoms with Gasteiger partial charge in [-0.25, -0.2) is 12.7 Å². The Morgan fingerprint density at radius 3 is 2.44 bits per heavy atom. The first-order chi connectivity index (χ1) is 7.60. The second-order valence-electron chi connectivity index (χ2n) is 3.81. The lowest BCUT2D eigenvalue weighted by atomic mass is 10.2. The van der Waals surface area contributed by atoms with Crippen molar-refractivity contribution in [2.24, 2.45) is 0 Å². The van der Waals surface area contributed by atoms with Crippen LogP contribution in [0, 0.1) is 12.0 Å². The van der Waals surface area contributed by atoms with Crippen LogP contribution < -0.4 is 0 Å². The van der Waals surface area contributed by atoms with Crippen LogP contribution in [0.4, 0.5) is 0 Å². The van der Waals surface area contributed by atoms with Gasteiger partial charge in [0.25, 0.3) is 0 Å². The molecule has 1 saturated carbocycles. The van der Waals surface area contributed by atoms with Crippen molar-refractivity contribution in [3.63, 3.8) is 0 Å². The highest BCUT2D eigenvalue weighted by Crippen LogP contribution is 2.29. The van der Waals surface area contributed by atoms with Crippen LogP contribution in [0.25, 0.3) is 0 Å². The first-order valence-electron chi connectivity index (χ1n) is 5.15. The molecule has 84 valence electrons. The largest absolute Gasteiger partial charge is 0.244 e. The molecular formula is C12H13NO2S. The molecule has 1 aliphatic rings. The van der Waals surface area contributed by atoms with Crippen LogP contribution in [0.5, 0.6) is 0 Å². The van der Waals surface area contributed by atoms with Crippen LogP contribution in [0.2, 0.25) is 0 Å². The third-order valence-electron chi connectivity index (χ3n) is 2.46. The molecule has 0 bridgehead atoms. The molecule has 0 amide bonds. The lowest BCUT2D eigenvalue weighted by Gasteiger charge is -2.10. The number of nitrogens with zero attached hydrogens (tertiary/aromatic N) is 1. The summed E-state index contributed by atoms with van der Waals surface area (Å²) >= 11 is 0. The van der Waals surface area contributed by atoms with Gasteiger partial charge in [0.1, 0.15) is 0 Å². The lowest BCUT2D eigenvalue weighted by Crippen LogP contribution is -2.25. The molecule has 0 unspecified atom stereocenters. The highest BCUT2D eigenvalue weighted by atomic mass is 32.2. The fourth-order valence-electron chi connectivity index (χ4n) is 1.32. The normalized spacial score (nSPS) is 15.1. The molecule has 0 atom stereocenters. The molecule has 0 radical (unpaired) electrons. The molecule has 1 aromatic carbocycles. The Bertz CT molecular complexity index is 521. The maximum Gasteiger partial charge on any atom is 0.244 e. The fraction of sp³-hybridized carbons (Fsp3) is 0.333. The van der Waals surface area contributed by atoms with E-state index in [1.165, 1.54) is 7.05 Å². The van der Waals surface area contributed by atoms with Crippen LogP contribution in [-0.4, -0.2) is 25.0 Å². The van der Waals surface area contributed by atoms with E-state index in [1.807, 2.05) is 30.3 Å². The molecule has 0 heterocycles. The minimum absolute atomic E-state index is 0.206. The molecule has 0 aromatic heterocycles. The van der Waals surface area contributed by atoms with Crippen molar-refractivity contribution in [2.45, 2.75) is 18.1 Å². The zero-order valence-corrected chi connectivity index (χ0v) is 9.87. The zero-order valence-electron chi connectivity index (χ0n) is 9.05.